The topological polar surface area (TPSA) is 84.5 Å². The molecule has 0 aliphatic carbocycles. The largest absolute Gasteiger partial charge is 0.496 e. The van der Waals surface area contributed by atoms with Crippen LogP contribution in [0.2, 0.25) is 0 Å². The monoisotopic (exact) mass is 424 g/mol. The van der Waals surface area contributed by atoms with Crippen LogP contribution in [0.1, 0.15) is 34.5 Å². The zero-order valence-electron chi connectivity index (χ0n) is 17.0. The van der Waals surface area contributed by atoms with Gasteiger partial charge in [0.05, 0.1) is 18.0 Å². The van der Waals surface area contributed by atoms with Crippen LogP contribution in [0.15, 0.2) is 77.7 Å². The standard InChI is InChI=1S/C23H24N2O4S/c1-16-8-14-20(15-9-16)30(27,28)25-19-12-10-18(11-13-19)23(26)24-17(2)21-6-4-5-7-22(21)29-3/h4-15,17,25H,1-3H3,(H,24,26)/t17-/m0/s1. The molecule has 1 atom stereocenters. The Hall–Kier alpha value is -3.32. The molecule has 0 aliphatic heterocycles. The van der Waals surface area contributed by atoms with E-state index in [4.69, 9.17) is 4.74 Å². The van der Waals surface area contributed by atoms with Crippen LogP contribution in [0.25, 0.3) is 0 Å². The summed E-state index contributed by atoms with van der Waals surface area (Å²) < 4.78 is 32.9. The minimum atomic E-state index is -3.69. The molecule has 0 aromatic heterocycles. The molecule has 1 amide bonds. The van der Waals surface area contributed by atoms with Gasteiger partial charge in [0.2, 0.25) is 0 Å². The molecule has 0 aliphatic rings. The maximum absolute atomic E-state index is 12.6. The van der Waals surface area contributed by atoms with Crippen LogP contribution in [0, 0.1) is 6.92 Å². The Labute approximate surface area is 177 Å². The first kappa shape index (κ1) is 21.4. The van der Waals surface area contributed by atoms with Crippen molar-refractivity contribution in [1.29, 1.82) is 0 Å². The molecule has 7 heteroatoms. The zero-order chi connectivity index (χ0) is 21.7. The SMILES string of the molecule is COc1ccccc1[C@H](C)NC(=O)c1ccc(NS(=O)(=O)c2ccc(C)cc2)cc1. The van der Waals surface area contributed by atoms with Crippen LogP contribution in [0.3, 0.4) is 0 Å². The molecule has 3 aromatic rings. The van der Waals surface area contributed by atoms with E-state index in [-0.39, 0.29) is 16.8 Å². The molecule has 0 radical (unpaired) electrons. The summed E-state index contributed by atoms with van der Waals surface area (Å²) in [6, 6.07) is 20.1. The van der Waals surface area contributed by atoms with Crippen molar-refractivity contribution in [2.24, 2.45) is 0 Å². The summed E-state index contributed by atoms with van der Waals surface area (Å²) >= 11 is 0. The van der Waals surface area contributed by atoms with Crippen LogP contribution >= 0.6 is 0 Å². The highest BCUT2D eigenvalue weighted by molar-refractivity contribution is 7.92. The number of ether oxygens (including phenoxy) is 1. The van der Waals surface area contributed by atoms with Crippen molar-refractivity contribution in [3.05, 3.63) is 89.5 Å². The van der Waals surface area contributed by atoms with Crippen LogP contribution in [0.5, 0.6) is 5.75 Å². The van der Waals surface area contributed by atoms with Crippen molar-refractivity contribution in [1.82, 2.24) is 5.32 Å². The van der Waals surface area contributed by atoms with E-state index in [1.165, 1.54) is 0 Å². The lowest BCUT2D eigenvalue weighted by molar-refractivity contribution is 0.0939. The van der Waals surface area contributed by atoms with E-state index in [0.717, 1.165) is 11.1 Å². The van der Waals surface area contributed by atoms with Gasteiger partial charge in [0, 0.05) is 16.8 Å². The number of hydrogen-bond acceptors (Lipinski definition) is 4. The lowest BCUT2D eigenvalue weighted by Gasteiger charge is -2.17. The first-order valence-electron chi connectivity index (χ1n) is 9.43. The van der Waals surface area contributed by atoms with Gasteiger partial charge in [-0.3, -0.25) is 9.52 Å². The molecule has 0 spiro atoms. The Kier molecular flexibility index (Phi) is 6.42. The summed E-state index contributed by atoms with van der Waals surface area (Å²) in [5, 5.41) is 2.93. The predicted molar refractivity (Wildman–Crippen MR) is 117 cm³/mol. The van der Waals surface area contributed by atoms with Crippen LogP contribution in [0.4, 0.5) is 5.69 Å². The van der Waals surface area contributed by atoms with Crippen molar-refractivity contribution in [2.45, 2.75) is 24.8 Å². The summed E-state index contributed by atoms with van der Waals surface area (Å²) in [6.45, 7) is 3.77. The van der Waals surface area contributed by atoms with E-state index in [1.807, 2.05) is 38.1 Å². The number of amides is 1. The van der Waals surface area contributed by atoms with Crippen molar-refractivity contribution in [2.75, 3.05) is 11.8 Å². The van der Waals surface area contributed by atoms with E-state index >= 15 is 0 Å². The van der Waals surface area contributed by atoms with E-state index in [0.29, 0.717) is 17.0 Å². The summed E-state index contributed by atoms with van der Waals surface area (Å²) in [5.74, 6) is 0.438. The lowest BCUT2D eigenvalue weighted by Crippen LogP contribution is -2.26. The Bertz CT molecular complexity index is 1120. The highest BCUT2D eigenvalue weighted by Gasteiger charge is 2.16. The second-order valence-corrected chi connectivity index (χ2v) is 8.62. The van der Waals surface area contributed by atoms with Gasteiger partial charge in [0.25, 0.3) is 15.9 Å². The number of benzene rings is 3. The normalized spacial score (nSPS) is 12.1. The lowest BCUT2D eigenvalue weighted by atomic mass is 10.1. The number of carbonyl (C=O) groups is 1. The van der Waals surface area contributed by atoms with Crippen molar-refractivity contribution >= 4 is 21.6 Å². The van der Waals surface area contributed by atoms with E-state index in [9.17, 15) is 13.2 Å². The van der Waals surface area contributed by atoms with Gasteiger partial charge in [-0.15, -0.1) is 0 Å². The van der Waals surface area contributed by atoms with Crippen molar-refractivity contribution < 1.29 is 17.9 Å². The van der Waals surface area contributed by atoms with Crippen LogP contribution in [-0.2, 0) is 10.0 Å². The molecule has 2 N–H and O–H groups in total. The fourth-order valence-electron chi connectivity index (χ4n) is 3.00. The van der Waals surface area contributed by atoms with E-state index < -0.39 is 10.0 Å². The maximum Gasteiger partial charge on any atom is 0.261 e. The number of anilines is 1. The molecule has 0 fully saturated rings. The van der Waals surface area contributed by atoms with Crippen LogP contribution < -0.4 is 14.8 Å². The number of para-hydroxylation sites is 1. The Morgan fingerprint density at radius 2 is 1.57 bits per heavy atom. The summed E-state index contributed by atoms with van der Waals surface area (Å²) in [7, 11) is -2.10. The van der Waals surface area contributed by atoms with Gasteiger partial charge in [0.15, 0.2) is 0 Å². The number of carbonyl (C=O) groups excluding carboxylic acids is 1. The molecule has 0 saturated heterocycles. The molecule has 30 heavy (non-hydrogen) atoms. The van der Waals surface area contributed by atoms with E-state index in [2.05, 4.69) is 10.0 Å². The smallest absolute Gasteiger partial charge is 0.261 e. The molecule has 0 heterocycles. The minimum absolute atomic E-state index is 0.181. The maximum atomic E-state index is 12.6. The number of rotatable bonds is 7. The van der Waals surface area contributed by atoms with Crippen LogP contribution in [-0.4, -0.2) is 21.4 Å². The van der Waals surface area contributed by atoms with Gasteiger partial charge in [-0.05, 0) is 56.3 Å². The Morgan fingerprint density at radius 1 is 0.933 bits per heavy atom. The molecular weight excluding hydrogens is 400 g/mol. The van der Waals surface area contributed by atoms with Gasteiger partial charge < -0.3 is 10.1 Å². The van der Waals surface area contributed by atoms with Crippen molar-refractivity contribution in [3.8, 4) is 5.75 Å². The summed E-state index contributed by atoms with van der Waals surface area (Å²) in [6.07, 6.45) is 0. The molecule has 6 nitrogen and oxygen atoms in total. The number of methoxy groups -OCH3 is 1. The van der Waals surface area contributed by atoms with E-state index in [1.54, 1.807) is 55.6 Å². The second kappa shape index (κ2) is 9.00. The average Bonchev–Trinajstić information content (AvgIpc) is 2.74. The third-order valence-electron chi connectivity index (χ3n) is 4.68. The third kappa shape index (κ3) is 4.99. The fourth-order valence-corrected chi connectivity index (χ4v) is 4.06. The molecule has 0 saturated carbocycles. The van der Waals surface area contributed by atoms with Gasteiger partial charge in [0.1, 0.15) is 5.75 Å². The molecule has 3 rings (SSSR count). The third-order valence-corrected chi connectivity index (χ3v) is 6.08. The Morgan fingerprint density at radius 3 is 2.20 bits per heavy atom. The first-order chi connectivity index (χ1) is 14.3. The molecule has 3 aromatic carbocycles. The number of aryl methyl sites for hydroxylation is 1. The second-order valence-electron chi connectivity index (χ2n) is 6.93. The summed E-state index contributed by atoms with van der Waals surface area (Å²) in [5.41, 5.74) is 2.66. The van der Waals surface area contributed by atoms with Gasteiger partial charge >= 0.3 is 0 Å². The molecule has 156 valence electrons. The zero-order valence-corrected chi connectivity index (χ0v) is 17.9. The number of sulfonamides is 1. The Balaban J connectivity index is 1.69. The fraction of sp³-hybridized carbons (Fsp3) is 0.174. The van der Waals surface area contributed by atoms with Crippen molar-refractivity contribution in [3.63, 3.8) is 0 Å². The van der Waals surface area contributed by atoms with Gasteiger partial charge in [-0.2, -0.15) is 0 Å². The first-order valence-corrected chi connectivity index (χ1v) is 10.9. The molecule has 0 bridgehead atoms. The predicted octanol–water partition coefficient (Wildman–Crippen LogP) is 4.30. The molecular formula is C23H24N2O4S. The molecule has 0 unspecified atom stereocenters. The highest BCUT2D eigenvalue weighted by Crippen LogP contribution is 2.25. The van der Waals surface area contributed by atoms with Gasteiger partial charge in [-0.1, -0.05) is 35.9 Å². The number of nitrogens with one attached hydrogen (secondary N) is 2. The summed E-state index contributed by atoms with van der Waals surface area (Å²) in [4.78, 5) is 12.8. The number of hydrogen-bond donors (Lipinski definition) is 2. The quantitative estimate of drug-likeness (QED) is 0.592. The highest BCUT2D eigenvalue weighted by atomic mass is 32.2. The average molecular weight is 425 g/mol. The van der Waals surface area contributed by atoms with Gasteiger partial charge in [-0.25, -0.2) is 8.42 Å². The minimum Gasteiger partial charge on any atom is -0.496 e.